The number of carbonyl (C=O) groups excluding carboxylic acids is 2. The lowest BCUT2D eigenvalue weighted by Gasteiger charge is -2.21. The first-order chi connectivity index (χ1) is 8.93. The van der Waals surface area contributed by atoms with Crippen LogP contribution in [-0.2, 0) is 4.79 Å². The average Bonchev–Trinajstić information content (AvgIpc) is 2.35. The highest BCUT2D eigenvalue weighted by Gasteiger charge is 2.11. The van der Waals surface area contributed by atoms with E-state index in [2.05, 4.69) is 19.2 Å². The lowest BCUT2D eigenvalue weighted by molar-refractivity contribution is -0.119. The molecule has 0 aromatic heterocycles. The molecule has 0 fully saturated rings. The van der Waals surface area contributed by atoms with Gasteiger partial charge in [0.05, 0.1) is 6.54 Å². The summed E-state index contributed by atoms with van der Waals surface area (Å²) in [5.74, 6) is 0.396. The molecular weight excluding hydrogens is 240 g/mol. The molecule has 0 saturated carbocycles. The minimum atomic E-state index is -0.0337. The van der Waals surface area contributed by atoms with Crippen molar-refractivity contribution in [1.29, 1.82) is 0 Å². The van der Waals surface area contributed by atoms with Crippen LogP contribution in [0, 0.1) is 12.8 Å². The number of hydrogen-bond acceptors (Lipinski definition) is 3. The van der Waals surface area contributed by atoms with Crippen LogP contribution in [0.2, 0.25) is 0 Å². The van der Waals surface area contributed by atoms with Gasteiger partial charge in [-0.2, -0.15) is 0 Å². The Morgan fingerprint density at radius 3 is 2.68 bits per heavy atom. The second-order valence-corrected chi connectivity index (χ2v) is 5.23. The van der Waals surface area contributed by atoms with Gasteiger partial charge in [0.15, 0.2) is 6.29 Å². The number of nitrogens with one attached hydrogen (secondary N) is 1. The van der Waals surface area contributed by atoms with Crippen molar-refractivity contribution in [3.63, 3.8) is 0 Å². The molecule has 0 aliphatic heterocycles. The first-order valence-electron chi connectivity index (χ1n) is 6.47. The Labute approximate surface area is 114 Å². The zero-order valence-electron chi connectivity index (χ0n) is 12.1. The van der Waals surface area contributed by atoms with Crippen LogP contribution in [0.4, 0.5) is 5.69 Å². The van der Waals surface area contributed by atoms with Crippen LogP contribution in [0.5, 0.6) is 0 Å². The molecule has 0 aliphatic carbocycles. The third kappa shape index (κ3) is 4.73. The van der Waals surface area contributed by atoms with E-state index in [1.54, 1.807) is 4.90 Å². The van der Waals surface area contributed by atoms with Gasteiger partial charge in [0.2, 0.25) is 5.91 Å². The number of anilines is 1. The van der Waals surface area contributed by atoms with Crippen molar-refractivity contribution in [2.45, 2.75) is 20.8 Å². The van der Waals surface area contributed by atoms with Crippen molar-refractivity contribution < 1.29 is 9.59 Å². The van der Waals surface area contributed by atoms with Crippen LogP contribution in [0.1, 0.15) is 29.8 Å². The minimum absolute atomic E-state index is 0.0337. The molecule has 4 heteroatoms. The molecule has 0 aliphatic rings. The van der Waals surface area contributed by atoms with Gasteiger partial charge in [0, 0.05) is 24.8 Å². The summed E-state index contributed by atoms with van der Waals surface area (Å²) >= 11 is 0. The Kier molecular flexibility index (Phi) is 5.55. The molecule has 0 saturated heterocycles. The largest absolute Gasteiger partial charge is 0.365 e. The van der Waals surface area contributed by atoms with Crippen LogP contribution < -0.4 is 10.2 Å². The van der Waals surface area contributed by atoms with Crippen molar-refractivity contribution in [3.8, 4) is 0 Å². The van der Waals surface area contributed by atoms with Gasteiger partial charge in [-0.1, -0.05) is 25.5 Å². The summed E-state index contributed by atoms with van der Waals surface area (Å²) in [7, 11) is 1.81. The van der Waals surface area contributed by atoms with E-state index in [9.17, 15) is 9.59 Å². The van der Waals surface area contributed by atoms with E-state index >= 15 is 0 Å². The summed E-state index contributed by atoms with van der Waals surface area (Å²) in [5.41, 5.74) is 2.42. The number of hydrogen-bond donors (Lipinski definition) is 1. The standard InChI is InChI=1S/C15H22N2O2/c1-11(2)8-16-15(19)9-17(4)14-6-5-12(3)7-13(14)10-18/h5-7,10-11H,8-9H2,1-4H3,(H,16,19). The lowest BCUT2D eigenvalue weighted by atomic mass is 10.1. The number of aryl methyl sites for hydroxylation is 1. The zero-order chi connectivity index (χ0) is 14.4. The van der Waals surface area contributed by atoms with Crippen LogP contribution >= 0.6 is 0 Å². The first-order valence-corrected chi connectivity index (χ1v) is 6.47. The Balaban J connectivity index is 2.70. The van der Waals surface area contributed by atoms with E-state index in [4.69, 9.17) is 0 Å². The number of benzene rings is 1. The number of aldehydes is 1. The van der Waals surface area contributed by atoms with Gasteiger partial charge in [-0.05, 0) is 25.0 Å². The lowest BCUT2D eigenvalue weighted by Crippen LogP contribution is -2.37. The summed E-state index contributed by atoms with van der Waals surface area (Å²) in [6, 6.07) is 5.63. The SMILES string of the molecule is Cc1ccc(N(C)CC(=O)NCC(C)C)c(C=O)c1. The second kappa shape index (κ2) is 6.92. The maximum Gasteiger partial charge on any atom is 0.239 e. The first kappa shape index (κ1) is 15.2. The fraction of sp³-hybridized carbons (Fsp3) is 0.467. The van der Waals surface area contributed by atoms with Crippen LogP contribution in [-0.4, -0.2) is 32.3 Å². The highest BCUT2D eigenvalue weighted by atomic mass is 16.2. The molecule has 19 heavy (non-hydrogen) atoms. The summed E-state index contributed by atoms with van der Waals surface area (Å²) < 4.78 is 0. The monoisotopic (exact) mass is 262 g/mol. The van der Waals surface area contributed by atoms with Crippen molar-refractivity contribution in [3.05, 3.63) is 29.3 Å². The molecule has 1 aromatic carbocycles. The molecule has 0 bridgehead atoms. The van der Waals surface area contributed by atoms with Crippen LogP contribution in [0.3, 0.4) is 0 Å². The molecule has 1 amide bonds. The van der Waals surface area contributed by atoms with E-state index in [1.165, 1.54) is 0 Å². The number of likely N-dealkylation sites (N-methyl/N-ethyl adjacent to an activating group) is 1. The van der Waals surface area contributed by atoms with E-state index in [1.807, 2.05) is 32.2 Å². The Bertz CT molecular complexity index is 455. The van der Waals surface area contributed by atoms with E-state index < -0.39 is 0 Å². The molecule has 104 valence electrons. The maximum atomic E-state index is 11.8. The minimum Gasteiger partial charge on any atom is -0.365 e. The summed E-state index contributed by atoms with van der Waals surface area (Å²) in [6.07, 6.45) is 0.824. The fourth-order valence-corrected chi connectivity index (χ4v) is 1.79. The van der Waals surface area contributed by atoms with Gasteiger partial charge in [-0.3, -0.25) is 9.59 Å². The second-order valence-electron chi connectivity index (χ2n) is 5.23. The van der Waals surface area contributed by atoms with Gasteiger partial charge in [-0.15, -0.1) is 0 Å². The summed E-state index contributed by atoms with van der Waals surface area (Å²) in [5, 5.41) is 2.86. The molecule has 1 aromatic rings. The Morgan fingerprint density at radius 1 is 1.42 bits per heavy atom. The summed E-state index contributed by atoms with van der Waals surface area (Å²) in [6.45, 7) is 6.95. The van der Waals surface area contributed by atoms with E-state index in [-0.39, 0.29) is 12.5 Å². The van der Waals surface area contributed by atoms with Crippen LogP contribution in [0.15, 0.2) is 18.2 Å². The number of nitrogens with zero attached hydrogens (tertiary/aromatic N) is 1. The van der Waals surface area contributed by atoms with E-state index in [0.717, 1.165) is 17.5 Å². The molecule has 0 heterocycles. The van der Waals surface area contributed by atoms with Crippen molar-refractivity contribution in [2.24, 2.45) is 5.92 Å². The summed E-state index contributed by atoms with van der Waals surface area (Å²) in [4.78, 5) is 24.6. The number of rotatable bonds is 6. The smallest absolute Gasteiger partial charge is 0.239 e. The molecule has 0 spiro atoms. The Morgan fingerprint density at radius 2 is 2.11 bits per heavy atom. The molecule has 4 nitrogen and oxygen atoms in total. The highest BCUT2D eigenvalue weighted by molar-refractivity contribution is 5.87. The molecular formula is C15H22N2O2. The molecule has 0 unspecified atom stereocenters. The molecule has 1 N–H and O–H groups in total. The zero-order valence-corrected chi connectivity index (χ0v) is 12.1. The van der Waals surface area contributed by atoms with Gasteiger partial charge < -0.3 is 10.2 Å². The molecule has 0 radical (unpaired) electrons. The van der Waals surface area contributed by atoms with Gasteiger partial charge in [0.25, 0.3) is 0 Å². The fourth-order valence-electron chi connectivity index (χ4n) is 1.79. The predicted molar refractivity (Wildman–Crippen MR) is 77.7 cm³/mol. The normalized spacial score (nSPS) is 10.4. The predicted octanol–water partition coefficient (Wildman–Crippen LogP) is 2.02. The van der Waals surface area contributed by atoms with Gasteiger partial charge >= 0.3 is 0 Å². The van der Waals surface area contributed by atoms with Crippen LogP contribution in [0.25, 0.3) is 0 Å². The molecule has 0 atom stereocenters. The average molecular weight is 262 g/mol. The maximum absolute atomic E-state index is 11.8. The number of amides is 1. The highest BCUT2D eigenvalue weighted by Crippen LogP contribution is 2.18. The quantitative estimate of drug-likeness (QED) is 0.798. The van der Waals surface area contributed by atoms with Gasteiger partial charge in [0.1, 0.15) is 0 Å². The Hall–Kier alpha value is -1.84. The third-order valence-corrected chi connectivity index (χ3v) is 2.81. The van der Waals surface area contributed by atoms with E-state index in [0.29, 0.717) is 18.0 Å². The third-order valence-electron chi connectivity index (χ3n) is 2.81. The van der Waals surface area contributed by atoms with Crippen molar-refractivity contribution >= 4 is 17.9 Å². The van der Waals surface area contributed by atoms with Crippen molar-refractivity contribution in [1.82, 2.24) is 5.32 Å². The molecule has 1 rings (SSSR count). The number of carbonyl (C=O) groups is 2. The topological polar surface area (TPSA) is 49.4 Å². The van der Waals surface area contributed by atoms with Crippen molar-refractivity contribution in [2.75, 3.05) is 25.0 Å². The van der Waals surface area contributed by atoms with Gasteiger partial charge in [-0.25, -0.2) is 0 Å².